The number of rotatable bonds is 4. The van der Waals surface area contributed by atoms with Gasteiger partial charge >= 0.3 is 0 Å². The number of hydrogen-bond donors (Lipinski definition) is 0. The van der Waals surface area contributed by atoms with E-state index in [1.54, 1.807) is 14.2 Å². The van der Waals surface area contributed by atoms with Crippen LogP contribution in [0.2, 0.25) is 0 Å². The smallest absolute Gasteiger partial charge is 0.127 e. The lowest BCUT2D eigenvalue weighted by atomic mass is 10.1. The maximum Gasteiger partial charge on any atom is 0.127 e. The molecule has 0 bridgehead atoms. The average molecular weight is 207 g/mol. The van der Waals surface area contributed by atoms with Gasteiger partial charge in [0.05, 0.1) is 14.2 Å². The quantitative estimate of drug-likeness (QED) is 0.752. The van der Waals surface area contributed by atoms with Gasteiger partial charge in [0.1, 0.15) is 11.5 Å². The van der Waals surface area contributed by atoms with E-state index in [0.29, 0.717) is 0 Å². The Kier molecular flexibility index (Phi) is 3.11. The molecule has 15 heavy (non-hydrogen) atoms. The number of nitrogens with zero attached hydrogens (tertiary/aromatic N) is 1. The SMILES string of the molecule is COc1ccc(CN2CCC2)c(OC)c1. The molecule has 1 aromatic rings. The summed E-state index contributed by atoms with van der Waals surface area (Å²) in [6.07, 6.45) is 1.32. The molecule has 82 valence electrons. The number of methoxy groups -OCH3 is 2. The van der Waals surface area contributed by atoms with Crippen LogP contribution >= 0.6 is 0 Å². The van der Waals surface area contributed by atoms with Gasteiger partial charge in [0.15, 0.2) is 0 Å². The van der Waals surface area contributed by atoms with Crippen molar-refractivity contribution in [3.05, 3.63) is 23.8 Å². The molecule has 1 heterocycles. The van der Waals surface area contributed by atoms with Gasteiger partial charge in [-0.15, -0.1) is 0 Å². The van der Waals surface area contributed by atoms with Crippen LogP contribution in [0.5, 0.6) is 11.5 Å². The summed E-state index contributed by atoms with van der Waals surface area (Å²) in [6, 6.07) is 6.00. The Bertz CT molecular complexity index is 334. The highest BCUT2D eigenvalue weighted by molar-refractivity contribution is 5.40. The Morgan fingerprint density at radius 1 is 1.20 bits per heavy atom. The van der Waals surface area contributed by atoms with Crippen molar-refractivity contribution in [2.45, 2.75) is 13.0 Å². The van der Waals surface area contributed by atoms with Gasteiger partial charge in [0.25, 0.3) is 0 Å². The van der Waals surface area contributed by atoms with Crippen molar-refractivity contribution < 1.29 is 9.47 Å². The zero-order valence-electron chi connectivity index (χ0n) is 9.32. The van der Waals surface area contributed by atoms with Gasteiger partial charge in [-0.1, -0.05) is 6.07 Å². The zero-order valence-corrected chi connectivity index (χ0v) is 9.32. The topological polar surface area (TPSA) is 21.7 Å². The molecule has 2 rings (SSSR count). The number of benzene rings is 1. The highest BCUT2D eigenvalue weighted by Gasteiger charge is 2.16. The highest BCUT2D eigenvalue weighted by Crippen LogP contribution is 2.26. The van der Waals surface area contributed by atoms with E-state index in [1.807, 2.05) is 12.1 Å². The minimum absolute atomic E-state index is 0.846. The van der Waals surface area contributed by atoms with Crippen LogP contribution < -0.4 is 9.47 Å². The van der Waals surface area contributed by atoms with E-state index in [-0.39, 0.29) is 0 Å². The van der Waals surface area contributed by atoms with Crippen molar-refractivity contribution in [2.75, 3.05) is 27.3 Å². The van der Waals surface area contributed by atoms with Crippen molar-refractivity contribution in [1.82, 2.24) is 4.90 Å². The predicted molar refractivity (Wildman–Crippen MR) is 59.4 cm³/mol. The number of likely N-dealkylation sites (tertiary alicyclic amines) is 1. The Morgan fingerprint density at radius 2 is 2.00 bits per heavy atom. The van der Waals surface area contributed by atoms with Crippen LogP contribution in [-0.2, 0) is 6.54 Å². The van der Waals surface area contributed by atoms with Gasteiger partial charge in [-0.3, -0.25) is 4.90 Å². The minimum atomic E-state index is 0.846. The van der Waals surface area contributed by atoms with Crippen molar-refractivity contribution in [1.29, 1.82) is 0 Å². The fourth-order valence-electron chi connectivity index (χ4n) is 1.76. The first-order valence-electron chi connectivity index (χ1n) is 5.27. The van der Waals surface area contributed by atoms with E-state index >= 15 is 0 Å². The fourth-order valence-corrected chi connectivity index (χ4v) is 1.76. The van der Waals surface area contributed by atoms with Gasteiger partial charge in [0.2, 0.25) is 0 Å². The molecule has 0 saturated carbocycles. The van der Waals surface area contributed by atoms with Crippen molar-refractivity contribution in [3.63, 3.8) is 0 Å². The minimum Gasteiger partial charge on any atom is -0.497 e. The number of hydrogen-bond acceptors (Lipinski definition) is 3. The van der Waals surface area contributed by atoms with Crippen LogP contribution in [0.3, 0.4) is 0 Å². The second-order valence-electron chi connectivity index (χ2n) is 3.81. The molecule has 3 nitrogen and oxygen atoms in total. The van der Waals surface area contributed by atoms with E-state index in [2.05, 4.69) is 11.0 Å². The molecule has 1 aliphatic heterocycles. The summed E-state index contributed by atoms with van der Waals surface area (Å²) in [7, 11) is 3.37. The van der Waals surface area contributed by atoms with E-state index < -0.39 is 0 Å². The summed E-state index contributed by atoms with van der Waals surface area (Å²) in [5.74, 6) is 1.76. The molecule has 0 atom stereocenters. The van der Waals surface area contributed by atoms with Crippen molar-refractivity contribution in [3.8, 4) is 11.5 Å². The summed E-state index contributed by atoms with van der Waals surface area (Å²) in [4.78, 5) is 2.41. The standard InChI is InChI=1S/C12H17NO2/c1-14-11-5-4-10(12(8-11)15-2)9-13-6-3-7-13/h4-5,8H,3,6-7,9H2,1-2H3. The zero-order chi connectivity index (χ0) is 10.7. The van der Waals surface area contributed by atoms with E-state index in [0.717, 1.165) is 18.0 Å². The molecule has 0 aromatic heterocycles. The molecule has 0 N–H and O–H groups in total. The van der Waals surface area contributed by atoms with E-state index in [1.165, 1.54) is 25.1 Å². The molecule has 0 spiro atoms. The summed E-state index contributed by atoms with van der Waals surface area (Å²) >= 11 is 0. The van der Waals surface area contributed by atoms with Gasteiger partial charge in [-0.25, -0.2) is 0 Å². The van der Waals surface area contributed by atoms with E-state index in [4.69, 9.17) is 9.47 Å². The molecular weight excluding hydrogens is 190 g/mol. The molecule has 1 saturated heterocycles. The lowest BCUT2D eigenvalue weighted by Gasteiger charge is -2.31. The first-order valence-corrected chi connectivity index (χ1v) is 5.27. The second kappa shape index (κ2) is 4.53. The van der Waals surface area contributed by atoms with Gasteiger partial charge < -0.3 is 9.47 Å². The van der Waals surface area contributed by atoms with Gasteiger partial charge in [-0.2, -0.15) is 0 Å². The lowest BCUT2D eigenvalue weighted by Crippen LogP contribution is -2.36. The first-order chi connectivity index (χ1) is 7.33. The van der Waals surface area contributed by atoms with Gasteiger partial charge in [0, 0.05) is 18.2 Å². The normalized spacial score (nSPS) is 15.9. The molecular formula is C12H17NO2. The maximum atomic E-state index is 5.35. The maximum absolute atomic E-state index is 5.35. The Labute approximate surface area is 90.6 Å². The lowest BCUT2D eigenvalue weighted by molar-refractivity contribution is 0.170. The van der Waals surface area contributed by atoms with E-state index in [9.17, 15) is 0 Å². The molecule has 1 aromatic carbocycles. The van der Waals surface area contributed by atoms with Crippen LogP contribution in [0, 0.1) is 0 Å². The Balaban J connectivity index is 2.13. The highest BCUT2D eigenvalue weighted by atomic mass is 16.5. The third kappa shape index (κ3) is 2.23. The summed E-state index contributed by atoms with van der Waals surface area (Å²) in [5.41, 5.74) is 1.23. The summed E-state index contributed by atoms with van der Waals surface area (Å²) in [6.45, 7) is 3.39. The first kappa shape index (κ1) is 10.3. The van der Waals surface area contributed by atoms with Crippen molar-refractivity contribution >= 4 is 0 Å². The molecule has 3 heteroatoms. The third-order valence-corrected chi connectivity index (χ3v) is 2.84. The molecule has 1 aliphatic rings. The fraction of sp³-hybridized carbons (Fsp3) is 0.500. The van der Waals surface area contributed by atoms with Crippen LogP contribution in [0.25, 0.3) is 0 Å². The molecule has 1 fully saturated rings. The van der Waals surface area contributed by atoms with Crippen molar-refractivity contribution in [2.24, 2.45) is 0 Å². The summed E-state index contributed by atoms with van der Waals surface area (Å²) < 4.78 is 10.5. The monoisotopic (exact) mass is 207 g/mol. The molecule has 0 aliphatic carbocycles. The second-order valence-corrected chi connectivity index (χ2v) is 3.81. The molecule has 0 amide bonds. The predicted octanol–water partition coefficient (Wildman–Crippen LogP) is 1.91. The van der Waals surface area contributed by atoms with Crippen LogP contribution in [0.15, 0.2) is 18.2 Å². The van der Waals surface area contributed by atoms with Crippen LogP contribution in [0.1, 0.15) is 12.0 Å². The average Bonchev–Trinajstić information content (AvgIpc) is 2.23. The Hall–Kier alpha value is -1.22. The Morgan fingerprint density at radius 3 is 2.53 bits per heavy atom. The largest absolute Gasteiger partial charge is 0.497 e. The summed E-state index contributed by atoms with van der Waals surface area (Å²) in [5, 5.41) is 0. The van der Waals surface area contributed by atoms with Gasteiger partial charge in [-0.05, 0) is 25.6 Å². The number of ether oxygens (including phenoxy) is 2. The third-order valence-electron chi connectivity index (χ3n) is 2.84. The van der Waals surface area contributed by atoms with Crippen LogP contribution in [-0.4, -0.2) is 32.2 Å². The molecule has 0 unspecified atom stereocenters. The molecule has 0 radical (unpaired) electrons. The van der Waals surface area contributed by atoms with Crippen LogP contribution in [0.4, 0.5) is 0 Å².